The predicted molar refractivity (Wildman–Crippen MR) is 77.7 cm³/mol. The van der Waals surface area contributed by atoms with Gasteiger partial charge in [-0.3, -0.25) is 4.90 Å². The summed E-state index contributed by atoms with van der Waals surface area (Å²) in [6.07, 6.45) is 1.86. The number of ether oxygens (including phenoxy) is 1. The lowest BCUT2D eigenvalue weighted by molar-refractivity contribution is -0.1000. The number of aryl methyl sites for hydroxylation is 2. The molecule has 0 aromatic heterocycles. The van der Waals surface area contributed by atoms with Crippen LogP contribution in [0.5, 0.6) is 5.75 Å². The monoisotopic (exact) mass is 263 g/mol. The summed E-state index contributed by atoms with van der Waals surface area (Å²) in [5.41, 5.74) is 2.06. The van der Waals surface area contributed by atoms with Gasteiger partial charge in [0.05, 0.1) is 12.2 Å². The highest BCUT2D eigenvalue weighted by Gasteiger charge is 2.38. The maximum atomic E-state index is 9.91. The molecule has 3 nitrogen and oxygen atoms in total. The summed E-state index contributed by atoms with van der Waals surface area (Å²) < 4.78 is 5.78. The van der Waals surface area contributed by atoms with Crippen molar-refractivity contribution < 1.29 is 9.84 Å². The van der Waals surface area contributed by atoms with E-state index in [0.29, 0.717) is 0 Å². The summed E-state index contributed by atoms with van der Waals surface area (Å²) in [4.78, 5) is 2.29. The van der Waals surface area contributed by atoms with E-state index in [4.69, 9.17) is 4.74 Å². The predicted octanol–water partition coefficient (Wildman–Crippen LogP) is 2.53. The first-order chi connectivity index (χ1) is 9.00. The van der Waals surface area contributed by atoms with Crippen LogP contribution in [0.4, 0.5) is 0 Å². The Hall–Kier alpha value is -1.06. The zero-order valence-corrected chi connectivity index (χ0v) is 12.3. The highest BCUT2D eigenvalue weighted by Crippen LogP contribution is 2.24. The smallest absolute Gasteiger partial charge is 0.119 e. The maximum absolute atomic E-state index is 9.91. The van der Waals surface area contributed by atoms with Crippen LogP contribution < -0.4 is 4.74 Å². The molecular formula is C16H25NO2. The summed E-state index contributed by atoms with van der Waals surface area (Å²) in [6.45, 7) is 9.59. The van der Waals surface area contributed by atoms with Crippen molar-refractivity contribution in [3.05, 3.63) is 29.3 Å². The minimum Gasteiger partial charge on any atom is -0.494 e. The van der Waals surface area contributed by atoms with Gasteiger partial charge >= 0.3 is 0 Å². The molecule has 19 heavy (non-hydrogen) atoms. The van der Waals surface area contributed by atoms with E-state index in [-0.39, 0.29) is 0 Å². The van der Waals surface area contributed by atoms with E-state index in [0.717, 1.165) is 44.8 Å². The van der Waals surface area contributed by atoms with Gasteiger partial charge in [-0.25, -0.2) is 0 Å². The first-order valence-electron chi connectivity index (χ1n) is 7.16. The van der Waals surface area contributed by atoms with Crippen LogP contribution in [-0.4, -0.2) is 41.8 Å². The van der Waals surface area contributed by atoms with Gasteiger partial charge in [0, 0.05) is 19.6 Å². The second-order valence-corrected chi connectivity index (χ2v) is 5.81. The first-order valence-corrected chi connectivity index (χ1v) is 7.16. The van der Waals surface area contributed by atoms with E-state index in [1.54, 1.807) is 0 Å². The molecule has 1 aromatic rings. The topological polar surface area (TPSA) is 32.7 Å². The van der Waals surface area contributed by atoms with E-state index in [1.807, 2.05) is 6.92 Å². The van der Waals surface area contributed by atoms with E-state index >= 15 is 0 Å². The third-order valence-corrected chi connectivity index (χ3v) is 3.78. The number of hydrogen-bond donors (Lipinski definition) is 1. The third kappa shape index (κ3) is 3.95. The standard InChI is InChI=1S/C16H25NO2/c1-4-16(18)11-17(12-16)6-5-7-19-15-9-13(2)8-14(3)10-15/h8-10,18H,4-7,11-12H2,1-3H3. The number of β-amino-alcohol motifs (C(OH)–C–C–N with tert-alkyl or cyclic N) is 1. The first kappa shape index (κ1) is 14.4. The molecule has 1 N–H and O–H groups in total. The van der Waals surface area contributed by atoms with Crippen LogP contribution in [0, 0.1) is 13.8 Å². The minimum atomic E-state index is -0.422. The number of hydrogen-bond acceptors (Lipinski definition) is 3. The van der Waals surface area contributed by atoms with Crippen molar-refractivity contribution in [3.63, 3.8) is 0 Å². The zero-order valence-electron chi connectivity index (χ0n) is 12.3. The second-order valence-electron chi connectivity index (χ2n) is 5.81. The van der Waals surface area contributed by atoms with Gasteiger partial charge in [-0.05, 0) is 49.9 Å². The van der Waals surface area contributed by atoms with Crippen LogP contribution >= 0.6 is 0 Å². The molecule has 1 aliphatic rings. The van der Waals surface area contributed by atoms with Crippen LogP contribution in [0.2, 0.25) is 0 Å². The molecule has 0 radical (unpaired) electrons. The van der Waals surface area contributed by atoms with E-state index in [9.17, 15) is 5.11 Å². The van der Waals surface area contributed by atoms with Crippen molar-refractivity contribution in [3.8, 4) is 5.75 Å². The van der Waals surface area contributed by atoms with E-state index < -0.39 is 5.60 Å². The normalized spacial score (nSPS) is 18.1. The molecule has 0 aliphatic carbocycles. The Morgan fingerprint density at radius 3 is 2.42 bits per heavy atom. The molecule has 1 aliphatic heterocycles. The number of aliphatic hydroxyl groups is 1. The Morgan fingerprint density at radius 1 is 1.21 bits per heavy atom. The van der Waals surface area contributed by atoms with Gasteiger partial charge in [0.25, 0.3) is 0 Å². The largest absolute Gasteiger partial charge is 0.494 e. The van der Waals surface area contributed by atoms with Crippen LogP contribution in [0.1, 0.15) is 30.9 Å². The molecule has 2 rings (SSSR count). The highest BCUT2D eigenvalue weighted by atomic mass is 16.5. The fourth-order valence-electron chi connectivity index (χ4n) is 2.66. The van der Waals surface area contributed by atoms with Crippen molar-refractivity contribution in [2.75, 3.05) is 26.2 Å². The van der Waals surface area contributed by atoms with Gasteiger partial charge in [0.15, 0.2) is 0 Å². The van der Waals surface area contributed by atoms with Gasteiger partial charge < -0.3 is 9.84 Å². The third-order valence-electron chi connectivity index (χ3n) is 3.78. The lowest BCUT2D eigenvalue weighted by atomic mass is 9.91. The van der Waals surface area contributed by atoms with Crippen LogP contribution in [0.25, 0.3) is 0 Å². The van der Waals surface area contributed by atoms with Crippen LogP contribution in [0.3, 0.4) is 0 Å². The average Bonchev–Trinajstić information content (AvgIpc) is 2.30. The summed E-state index contributed by atoms with van der Waals surface area (Å²) in [6, 6.07) is 6.30. The Morgan fingerprint density at radius 2 is 1.84 bits per heavy atom. The van der Waals surface area contributed by atoms with Gasteiger partial charge in [-0.1, -0.05) is 13.0 Å². The summed E-state index contributed by atoms with van der Waals surface area (Å²) in [5.74, 6) is 0.964. The Bertz CT molecular complexity index is 405. The fraction of sp³-hybridized carbons (Fsp3) is 0.625. The molecule has 3 heteroatoms. The van der Waals surface area contributed by atoms with E-state index in [2.05, 4.69) is 36.9 Å². The van der Waals surface area contributed by atoms with Crippen LogP contribution in [0.15, 0.2) is 18.2 Å². The van der Waals surface area contributed by atoms with Gasteiger partial charge in [-0.2, -0.15) is 0 Å². The summed E-state index contributed by atoms with van der Waals surface area (Å²) in [7, 11) is 0. The fourth-order valence-corrected chi connectivity index (χ4v) is 2.66. The van der Waals surface area contributed by atoms with Crippen molar-refractivity contribution in [2.24, 2.45) is 0 Å². The molecule has 106 valence electrons. The zero-order chi connectivity index (χ0) is 13.9. The second kappa shape index (κ2) is 5.93. The summed E-state index contributed by atoms with van der Waals surface area (Å²) >= 11 is 0. The van der Waals surface area contributed by atoms with Crippen LogP contribution in [-0.2, 0) is 0 Å². The molecule has 1 aromatic carbocycles. The van der Waals surface area contributed by atoms with Gasteiger partial charge in [-0.15, -0.1) is 0 Å². The summed E-state index contributed by atoms with van der Waals surface area (Å²) in [5, 5.41) is 9.91. The van der Waals surface area contributed by atoms with Crippen molar-refractivity contribution in [1.29, 1.82) is 0 Å². The Labute approximate surface area is 116 Å². The Balaban J connectivity index is 1.65. The molecule has 0 bridgehead atoms. The highest BCUT2D eigenvalue weighted by molar-refractivity contribution is 5.32. The average molecular weight is 263 g/mol. The quantitative estimate of drug-likeness (QED) is 0.801. The molecule has 0 amide bonds. The molecule has 1 saturated heterocycles. The van der Waals surface area contributed by atoms with Crippen molar-refractivity contribution >= 4 is 0 Å². The molecular weight excluding hydrogens is 238 g/mol. The molecule has 0 unspecified atom stereocenters. The molecule has 0 spiro atoms. The number of benzene rings is 1. The van der Waals surface area contributed by atoms with E-state index in [1.165, 1.54) is 11.1 Å². The maximum Gasteiger partial charge on any atom is 0.119 e. The van der Waals surface area contributed by atoms with Crippen molar-refractivity contribution in [2.45, 2.75) is 39.2 Å². The minimum absolute atomic E-state index is 0.422. The SMILES string of the molecule is CCC1(O)CN(CCCOc2cc(C)cc(C)c2)C1. The molecule has 1 heterocycles. The number of likely N-dealkylation sites (tertiary alicyclic amines) is 1. The lowest BCUT2D eigenvalue weighted by Crippen LogP contribution is -2.61. The van der Waals surface area contributed by atoms with Gasteiger partial charge in [0.1, 0.15) is 5.75 Å². The molecule has 0 atom stereocenters. The van der Waals surface area contributed by atoms with Gasteiger partial charge in [0.2, 0.25) is 0 Å². The number of nitrogens with zero attached hydrogens (tertiary/aromatic N) is 1. The Kier molecular flexibility index (Phi) is 4.48. The molecule has 0 saturated carbocycles. The molecule has 1 fully saturated rings. The lowest BCUT2D eigenvalue weighted by Gasteiger charge is -2.46. The number of rotatable bonds is 6. The van der Waals surface area contributed by atoms with Crippen molar-refractivity contribution in [1.82, 2.24) is 4.90 Å².